The van der Waals surface area contributed by atoms with Gasteiger partial charge in [0.2, 0.25) is 0 Å². The van der Waals surface area contributed by atoms with Crippen LogP contribution in [0, 0.1) is 0 Å². The van der Waals surface area contributed by atoms with Crippen LogP contribution in [0.3, 0.4) is 0 Å². The lowest BCUT2D eigenvalue weighted by Gasteiger charge is -2.01. The lowest BCUT2D eigenvalue weighted by Crippen LogP contribution is -2.18. The second-order valence-electron chi connectivity index (χ2n) is 5.35. The Hall–Kier alpha value is -1.51. The van der Waals surface area contributed by atoms with E-state index in [1.165, 1.54) is 18.4 Å². The molecule has 3 rings (SSSR count). The van der Waals surface area contributed by atoms with Gasteiger partial charge in [0.05, 0.1) is 0 Å². The third-order valence-electron chi connectivity index (χ3n) is 3.39. The van der Waals surface area contributed by atoms with Crippen molar-refractivity contribution in [3.63, 3.8) is 0 Å². The number of benzene rings is 1. The van der Waals surface area contributed by atoms with E-state index in [2.05, 4.69) is 18.3 Å². The minimum absolute atomic E-state index is 0.736. The number of halogens is 1. The minimum Gasteiger partial charge on any atom is -0.457 e. The van der Waals surface area contributed by atoms with Crippen LogP contribution in [0.25, 0.3) is 17.4 Å². The van der Waals surface area contributed by atoms with Crippen molar-refractivity contribution in [2.45, 2.75) is 25.8 Å². The van der Waals surface area contributed by atoms with Crippen molar-refractivity contribution in [1.29, 1.82) is 0 Å². The molecule has 1 aliphatic rings. The Labute approximate surface area is 124 Å². The molecule has 0 atom stereocenters. The molecule has 2 nitrogen and oxygen atoms in total. The molecule has 3 heteroatoms. The van der Waals surface area contributed by atoms with Crippen molar-refractivity contribution in [3.05, 3.63) is 52.8 Å². The predicted octanol–water partition coefficient (Wildman–Crippen LogP) is 4.76. The van der Waals surface area contributed by atoms with Gasteiger partial charge in [-0.15, -0.1) is 0 Å². The predicted molar refractivity (Wildman–Crippen MR) is 83.8 cm³/mol. The first kappa shape index (κ1) is 13.5. The van der Waals surface area contributed by atoms with E-state index in [0.717, 1.165) is 34.7 Å². The van der Waals surface area contributed by atoms with Crippen LogP contribution in [0.4, 0.5) is 0 Å². The van der Waals surface area contributed by atoms with Crippen molar-refractivity contribution in [2.24, 2.45) is 0 Å². The summed E-state index contributed by atoms with van der Waals surface area (Å²) in [7, 11) is 0. The van der Waals surface area contributed by atoms with E-state index in [4.69, 9.17) is 16.0 Å². The Morgan fingerprint density at radius 2 is 2.00 bits per heavy atom. The van der Waals surface area contributed by atoms with Crippen LogP contribution in [-0.2, 0) is 0 Å². The highest BCUT2D eigenvalue weighted by atomic mass is 35.5. The van der Waals surface area contributed by atoms with Gasteiger partial charge in [0.15, 0.2) is 0 Å². The summed E-state index contributed by atoms with van der Waals surface area (Å²) in [6.45, 7) is 3.06. The molecule has 1 N–H and O–H groups in total. The molecule has 0 aliphatic heterocycles. The fraction of sp³-hybridized carbons (Fsp3) is 0.294. The van der Waals surface area contributed by atoms with Crippen LogP contribution in [-0.4, -0.2) is 12.6 Å². The van der Waals surface area contributed by atoms with E-state index in [1.54, 1.807) is 0 Å². The average Bonchev–Trinajstić information content (AvgIpc) is 3.16. The Morgan fingerprint density at radius 1 is 1.25 bits per heavy atom. The summed E-state index contributed by atoms with van der Waals surface area (Å²) < 4.78 is 5.86. The zero-order valence-electron chi connectivity index (χ0n) is 11.5. The molecule has 0 radical (unpaired) electrons. The van der Waals surface area contributed by atoms with Crippen molar-refractivity contribution in [2.75, 3.05) is 6.54 Å². The molecule has 0 saturated heterocycles. The summed E-state index contributed by atoms with van der Waals surface area (Å²) >= 11 is 5.89. The maximum atomic E-state index is 5.89. The molecule has 1 aromatic heterocycles. The molecule has 1 heterocycles. The monoisotopic (exact) mass is 287 g/mol. The van der Waals surface area contributed by atoms with E-state index in [0.29, 0.717) is 0 Å². The van der Waals surface area contributed by atoms with Crippen molar-refractivity contribution >= 4 is 17.7 Å². The van der Waals surface area contributed by atoms with Gasteiger partial charge in [0.1, 0.15) is 11.5 Å². The molecule has 2 aromatic rings. The second kappa shape index (κ2) is 5.86. The molecular weight excluding hydrogens is 270 g/mol. The van der Waals surface area contributed by atoms with Gasteiger partial charge in [-0.1, -0.05) is 17.2 Å². The minimum atomic E-state index is 0.736. The number of nitrogens with one attached hydrogen (secondary N) is 1. The zero-order valence-corrected chi connectivity index (χ0v) is 12.3. The van der Waals surface area contributed by atoms with Gasteiger partial charge in [-0.25, -0.2) is 0 Å². The van der Waals surface area contributed by atoms with Gasteiger partial charge in [-0.05, 0) is 62.2 Å². The van der Waals surface area contributed by atoms with Gasteiger partial charge in [-0.3, -0.25) is 0 Å². The van der Waals surface area contributed by atoms with Gasteiger partial charge < -0.3 is 9.73 Å². The van der Waals surface area contributed by atoms with E-state index in [9.17, 15) is 0 Å². The van der Waals surface area contributed by atoms with Crippen LogP contribution >= 0.6 is 11.6 Å². The molecule has 0 spiro atoms. The molecule has 20 heavy (non-hydrogen) atoms. The first-order valence-corrected chi connectivity index (χ1v) is 7.35. The topological polar surface area (TPSA) is 25.2 Å². The number of furan rings is 1. The van der Waals surface area contributed by atoms with E-state index >= 15 is 0 Å². The van der Waals surface area contributed by atoms with E-state index in [-0.39, 0.29) is 0 Å². The van der Waals surface area contributed by atoms with Crippen LogP contribution in [0.2, 0.25) is 5.02 Å². The van der Waals surface area contributed by atoms with Crippen LogP contribution in [0.5, 0.6) is 0 Å². The summed E-state index contributed by atoms with van der Waals surface area (Å²) in [5.74, 6) is 1.76. The molecular formula is C17H18ClNO. The molecule has 1 aliphatic carbocycles. The lowest BCUT2D eigenvalue weighted by molar-refractivity contribution is 0.571. The van der Waals surface area contributed by atoms with Crippen molar-refractivity contribution in [1.82, 2.24) is 5.32 Å². The SMILES string of the molecule is CC(=Cc1ccc(-c2ccc(Cl)cc2)o1)CNC1CC1. The highest BCUT2D eigenvalue weighted by Crippen LogP contribution is 2.25. The Morgan fingerprint density at radius 3 is 2.70 bits per heavy atom. The normalized spacial score (nSPS) is 15.6. The van der Waals surface area contributed by atoms with Gasteiger partial charge in [-0.2, -0.15) is 0 Å². The lowest BCUT2D eigenvalue weighted by atomic mass is 10.2. The Kier molecular flexibility index (Phi) is 3.95. The molecule has 0 bridgehead atoms. The average molecular weight is 288 g/mol. The molecule has 1 fully saturated rings. The Bertz CT molecular complexity index is 608. The standard InChI is InChI=1S/C17H18ClNO/c1-12(11-19-15-6-7-15)10-16-8-9-17(20-16)13-2-4-14(18)5-3-13/h2-5,8-10,15,19H,6-7,11H2,1H3. The number of hydrogen-bond acceptors (Lipinski definition) is 2. The number of rotatable bonds is 5. The molecule has 1 saturated carbocycles. The van der Waals surface area contributed by atoms with Gasteiger partial charge in [0, 0.05) is 23.2 Å². The maximum absolute atomic E-state index is 5.89. The highest BCUT2D eigenvalue weighted by molar-refractivity contribution is 6.30. The van der Waals surface area contributed by atoms with Crippen LogP contribution < -0.4 is 5.32 Å². The zero-order chi connectivity index (χ0) is 13.9. The largest absolute Gasteiger partial charge is 0.457 e. The highest BCUT2D eigenvalue weighted by Gasteiger charge is 2.19. The van der Waals surface area contributed by atoms with E-state index < -0.39 is 0 Å². The molecule has 0 unspecified atom stereocenters. The van der Waals surface area contributed by atoms with Crippen molar-refractivity contribution in [3.8, 4) is 11.3 Å². The van der Waals surface area contributed by atoms with E-state index in [1.807, 2.05) is 36.4 Å². The third-order valence-corrected chi connectivity index (χ3v) is 3.64. The fourth-order valence-electron chi connectivity index (χ4n) is 2.09. The molecule has 1 aromatic carbocycles. The Balaban J connectivity index is 1.69. The quantitative estimate of drug-likeness (QED) is 0.858. The third kappa shape index (κ3) is 3.53. The smallest absolute Gasteiger partial charge is 0.134 e. The molecule has 0 amide bonds. The summed E-state index contributed by atoms with van der Waals surface area (Å²) in [5.41, 5.74) is 2.33. The summed E-state index contributed by atoms with van der Waals surface area (Å²) in [6, 6.07) is 12.4. The summed E-state index contributed by atoms with van der Waals surface area (Å²) in [6.07, 6.45) is 4.72. The van der Waals surface area contributed by atoms with Crippen LogP contribution in [0.15, 0.2) is 46.4 Å². The van der Waals surface area contributed by atoms with Crippen molar-refractivity contribution < 1.29 is 4.42 Å². The fourth-order valence-corrected chi connectivity index (χ4v) is 2.21. The van der Waals surface area contributed by atoms with Gasteiger partial charge in [0.25, 0.3) is 0 Å². The van der Waals surface area contributed by atoms with Gasteiger partial charge >= 0.3 is 0 Å². The summed E-state index contributed by atoms with van der Waals surface area (Å²) in [5, 5.41) is 4.24. The second-order valence-corrected chi connectivity index (χ2v) is 5.79. The first-order chi connectivity index (χ1) is 9.70. The number of hydrogen-bond donors (Lipinski definition) is 1. The first-order valence-electron chi connectivity index (χ1n) is 6.97. The summed E-state index contributed by atoms with van der Waals surface area (Å²) in [4.78, 5) is 0. The molecule has 104 valence electrons. The maximum Gasteiger partial charge on any atom is 0.134 e. The van der Waals surface area contributed by atoms with Crippen LogP contribution in [0.1, 0.15) is 25.5 Å².